The molecule has 1 aromatic carbocycles. The van der Waals surface area contributed by atoms with Crippen molar-refractivity contribution in [1.82, 2.24) is 0 Å². The quantitative estimate of drug-likeness (QED) is 0.705. The Balaban J connectivity index is 0.00000441. The van der Waals surface area contributed by atoms with Gasteiger partial charge in [-0.25, -0.2) is 0 Å². The zero-order chi connectivity index (χ0) is 16.4. The van der Waals surface area contributed by atoms with E-state index in [-0.39, 0.29) is 30.0 Å². The highest BCUT2D eigenvalue weighted by atomic mass is 35.5. The van der Waals surface area contributed by atoms with Crippen LogP contribution in [0.15, 0.2) is 18.2 Å². The molecule has 0 saturated heterocycles. The second-order valence-corrected chi connectivity index (χ2v) is 5.42. The zero-order valence-corrected chi connectivity index (χ0v) is 12.9. The van der Waals surface area contributed by atoms with Crippen molar-refractivity contribution in [2.45, 2.75) is 45.1 Å². The Hall–Kier alpha value is -0.950. The molecule has 0 amide bonds. The van der Waals surface area contributed by atoms with E-state index in [9.17, 15) is 26.3 Å². The molecule has 0 radical (unpaired) electrons. The maximum absolute atomic E-state index is 12.7. The molecule has 0 unspecified atom stereocenters. The van der Waals surface area contributed by atoms with Crippen LogP contribution in [0, 0.1) is 5.92 Å². The molecule has 128 valence electrons. The molecule has 8 heteroatoms. The summed E-state index contributed by atoms with van der Waals surface area (Å²) in [5.41, 5.74) is 2.94. The first-order chi connectivity index (χ1) is 9.41. The molecule has 0 spiro atoms. The van der Waals surface area contributed by atoms with Crippen molar-refractivity contribution in [2.75, 3.05) is 0 Å². The highest BCUT2D eigenvalue weighted by Crippen LogP contribution is 2.37. The first kappa shape index (κ1) is 21.0. The second-order valence-electron chi connectivity index (χ2n) is 5.42. The Morgan fingerprint density at radius 3 is 1.59 bits per heavy atom. The molecule has 22 heavy (non-hydrogen) atoms. The van der Waals surface area contributed by atoms with Gasteiger partial charge in [0, 0.05) is 6.04 Å². The summed E-state index contributed by atoms with van der Waals surface area (Å²) < 4.78 is 76.2. The van der Waals surface area contributed by atoms with E-state index in [1.807, 2.05) is 13.8 Å². The standard InChI is InChI=1S/C14H17F6N.ClH/c1-8(2)3-4-12(21)9-5-10(13(15,16)17)7-11(6-9)14(18,19)20;/h5-8,12H,3-4,21H2,1-2H3;1H/t12-;/m0./s1. The van der Waals surface area contributed by atoms with Gasteiger partial charge in [0.15, 0.2) is 0 Å². The number of benzene rings is 1. The van der Waals surface area contributed by atoms with Crippen LogP contribution in [-0.2, 0) is 12.4 Å². The van der Waals surface area contributed by atoms with Crippen LogP contribution in [0.3, 0.4) is 0 Å². The van der Waals surface area contributed by atoms with E-state index in [1.165, 1.54) is 0 Å². The maximum Gasteiger partial charge on any atom is 0.416 e. The molecule has 1 atom stereocenters. The largest absolute Gasteiger partial charge is 0.416 e. The van der Waals surface area contributed by atoms with Gasteiger partial charge in [0.05, 0.1) is 11.1 Å². The van der Waals surface area contributed by atoms with Gasteiger partial charge < -0.3 is 5.73 Å². The van der Waals surface area contributed by atoms with Crippen LogP contribution in [0.4, 0.5) is 26.3 Å². The van der Waals surface area contributed by atoms with Gasteiger partial charge in [-0.05, 0) is 42.5 Å². The Kier molecular flexibility index (Phi) is 7.22. The molecule has 0 bridgehead atoms. The van der Waals surface area contributed by atoms with E-state index in [4.69, 9.17) is 5.73 Å². The van der Waals surface area contributed by atoms with Crippen LogP contribution in [0.1, 0.15) is 49.4 Å². The lowest BCUT2D eigenvalue weighted by atomic mass is 9.95. The molecule has 0 saturated carbocycles. The summed E-state index contributed by atoms with van der Waals surface area (Å²) in [6.45, 7) is 3.81. The third-order valence-corrected chi connectivity index (χ3v) is 3.09. The normalized spacial score (nSPS) is 13.9. The highest BCUT2D eigenvalue weighted by molar-refractivity contribution is 5.85. The molecule has 0 aliphatic heterocycles. The van der Waals surface area contributed by atoms with Crippen molar-refractivity contribution >= 4 is 12.4 Å². The predicted molar refractivity (Wildman–Crippen MR) is 74.7 cm³/mol. The minimum absolute atomic E-state index is 0. The lowest BCUT2D eigenvalue weighted by Gasteiger charge is -2.18. The molecule has 2 N–H and O–H groups in total. The molecule has 1 aromatic rings. The van der Waals surface area contributed by atoms with Crippen molar-refractivity contribution < 1.29 is 26.3 Å². The summed E-state index contributed by atoms with van der Waals surface area (Å²) in [6, 6.07) is 0.648. The first-order valence-corrected chi connectivity index (χ1v) is 6.46. The number of halogens is 7. The molecule has 0 aliphatic carbocycles. The minimum atomic E-state index is -4.84. The van der Waals surface area contributed by atoms with Crippen LogP contribution < -0.4 is 5.73 Å². The second kappa shape index (κ2) is 7.55. The minimum Gasteiger partial charge on any atom is -0.324 e. The van der Waals surface area contributed by atoms with E-state index < -0.39 is 29.5 Å². The van der Waals surface area contributed by atoms with Gasteiger partial charge in [-0.3, -0.25) is 0 Å². The molecule has 1 rings (SSSR count). The van der Waals surface area contributed by atoms with Crippen molar-refractivity contribution in [3.63, 3.8) is 0 Å². The highest BCUT2D eigenvalue weighted by Gasteiger charge is 2.37. The van der Waals surface area contributed by atoms with Crippen molar-refractivity contribution in [3.05, 3.63) is 34.9 Å². The average molecular weight is 350 g/mol. The molecule has 0 heterocycles. The monoisotopic (exact) mass is 349 g/mol. The number of hydrogen-bond donors (Lipinski definition) is 1. The Morgan fingerprint density at radius 1 is 0.864 bits per heavy atom. The van der Waals surface area contributed by atoms with Gasteiger partial charge in [-0.2, -0.15) is 26.3 Å². The first-order valence-electron chi connectivity index (χ1n) is 6.46. The Morgan fingerprint density at radius 2 is 1.27 bits per heavy atom. The van der Waals surface area contributed by atoms with Gasteiger partial charge in [0.2, 0.25) is 0 Å². The lowest BCUT2D eigenvalue weighted by Crippen LogP contribution is -2.16. The average Bonchev–Trinajstić information content (AvgIpc) is 2.33. The van der Waals surface area contributed by atoms with Gasteiger partial charge in [0.1, 0.15) is 0 Å². The molecular weight excluding hydrogens is 332 g/mol. The van der Waals surface area contributed by atoms with Crippen LogP contribution in [0.25, 0.3) is 0 Å². The summed E-state index contributed by atoms with van der Waals surface area (Å²) >= 11 is 0. The lowest BCUT2D eigenvalue weighted by molar-refractivity contribution is -0.143. The van der Waals surface area contributed by atoms with Crippen LogP contribution in [0.2, 0.25) is 0 Å². The van der Waals surface area contributed by atoms with E-state index in [0.717, 1.165) is 0 Å². The summed E-state index contributed by atoms with van der Waals surface area (Å²) in [4.78, 5) is 0. The smallest absolute Gasteiger partial charge is 0.324 e. The fourth-order valence-electron chi connectivity index (χ4n) is 1.87. The summed E-state index contributed by atoms with van der Waals surface area (Å²) in [6.07, 6.45) is -8.73. The summed E-state index contributed by atoms with van der Waals surface area (Å²) in [5.74, 6) is 0.268. The van der Waals surface area contributed by atoms with E-state index in [2.05, 4.69) is 0 Å². The van der Waals surface area contributed by atoms with Gasteiger partial charge in [-0.15, -0.1) is 12.4 Å². The fraction of sp³-hybridized carbons (Fsp3) is 0.571. The third-order valence-electron chi connectivity index (χ3n) is 3.09. The van der Waals surface area contributed by atoms with Crippen molar-refractivity contribution in [3.8, 4) is 0 Å². The molecule has 1 nitrogen and oxygen atoms in total. The number of nitrogens with two attached hydrogens (primary N) is 1. The summed E-state index contributed by atoms with van der Waals surface area (Å²) in [5, 5.41) is 0. The Bertz CT molecular complexity index is 449. The molecular formula is C14H18ClF6N. The zero-order valence-electron chi connectivity index (χ0n) is 12.1. The van der Waals surface area contributed by atoms with Crippen molar-refractivity contribution in [2.24, 2.45) is 11.7 Å². The molecule has 0 aromatic heterocycles. The van der Waals surface area contributed by atoms with E-state index in [1.54, 1.807) is 0 Å². The van der Waals surface area contributed by atoms with Crippen LogP contribution in [-0.4, -0.2) is 0 Å². The SMILES string of the molecule is CC(C)CC[C@H](N)c1cc(C(F)(F)F)cc(C(F)(F)F)c1.Cl. The third kappa shape index (κ3) is 6.04. The summed E-state index contributed by atoms with van der Waals surface area (Å²) in [7, 11) is 0. The fourth-order valence-corrected chi connectivity index (χ4v) is 1.87. The number of rotatable bonds is 4. The van der Waals surface area contributed by atoms with Gasteiger partial charge in [0.25, 0.3) is 0 Å². The number of hydrogen-bond acceptors (Lipinski definition) is 1. The molecule has 0 fully saturated rings. The van der Waals surface area contributed by atoms with E-state index >= 15 is 0 Å². The van der Waals surface area contributed by atoms with Gasteiger partial charge >= 0.3 is 12.4 Å². The van der Waals surface area contributed by atoms with Crippen LogP contribution >= 0.6 is 12.4 Å². The van der Waals surface area contributed by atoms with E-state index in [0.29, 0.717) is 25.0 Å². The Labute approximate surface area is 131 Å². The molecule has 0 aliphatic rings. The van der Waals surface area contributed by atoms with Crippen LogP contribution in [0.5, 0.6) is 0 Å². The predicted octanol–water partition coefficient (Wildman–Crippen LogP) is 5.58. The van der Waals surface area contributed by atoms with Gasteiger partial charge in [-0.1, -0.05) is 13.8 Å². The number of alkyl halides is 6. The maximum atomic E-state index is 12.7. The van der Waals surface area contributed by atoms with Crippen molar-refractivity contribution in [1.29, 1.82) is 0 Å². The topological polar surface area (TPSA) is 26.0 Å².